The number of hydrogen-bond donors (Lipinski definition) is 0. The van der Waals surface area contributed by atoms with Crippen LogP contribution in [0.2, 0.25) is 0 Å². The molecule has 36 heavy (non-hydrogen) atoms. The van der Waals surface area contributed by atoms with Gasteiger partial charge in [-0.2, -0.15) is 16.8 Å². The number of aromatic nitrogens is 2. The van der Waals surface area contributed by atoms with E-state index in [2.05, 4.69) is 9.97 Å². The van der Waals surface area contributed by atoms with E-state index in [-0.39, 0.29) is 32.3 Å². The molecule has 1 heterocycles. The minimum Gasteiger partial charge on any atom is -0.377 e. The van der Waals surface area contributed by atoms with E-state index < -0.39 is 20.2 Å². The van der Waals surface area contributed by atoms with Crippen LogP contribution in [0.15, 0.2) is 94.7 Å². The van der Waals surface area contributed by atoms with Crippen molar-refractivity contribution in [3.05, 3.63) is 96.1 Å². The van der Waals surface area contributed by atoms with Gasteiger partial charge in [-0.15, -0.1) is 0 Å². The fourth-order valence-corrected chi connectivity index (χ4v) is 5.42. The molecule has 4 aromatic carbocycles. The summed E-state index contributed by atoms with van der Waals surface area (Å²) >= 11 is 0. The van der Waals surface area contributed by atoms with Crippen LogP contribution < -0.4 is 8.37 Å². The van der Waals surface area contributed by atoms with Crippen LogP contribution in [0.5, 0.6) is 11.5 Å². The molecule has 0 radical (unpaired) electrons. The zero-order chi connectivity index (χ0) is 25.5. The van der Waals surface area contributed by atoms with Gasteiger partial charge in [0.1, 0.15) is 20.8 Å². The lowest BCUT2D eigenvalue weighted by Gasteiger charge is -2.12. The van der Waals surface area contributed by atoms with Crippen LogP contribution in [0, 0.1) is 13.8 Å². The van der Waals surface area contributed by atoms with Crippen LogP contribution in [0.3, 0.4) is 0 Å². The Bertz CT molecular complexity index is 1680. The zero-order valence-electron chi connectivity index (χ0n) is 19.2. The maximum atomic E-state index is 12.8. The predicted octanol–water partition coefficient (Wildman–Crippen LogP) is 4.94. The Balaban J connectivity index is 1.56. The highest BCUT2D eigenvalue weighted by molar-refractivity contribution is 7.87. The van der Waals surface area contributed by atoms with Gasteiger partial charge in [0, 0.05) is 0 Å². The summed E-state index contributed by atoms with van der Waals surface area (Å²) in [5.74, 6) is 0.00199. The van der Waals surface area contributed by atoms with Gasteiger partial charge < -0.3 is 8.37 Å². The Labute approximate surface area is 208 Å². The van der Waals surface area contributed by atoms with E-state index in [1.165, 1.54) is 36.4 Å². The Hall–Kier alpha value is -4.02. The fraction of sp³-hybridized carbons (Fsp3) is 0.0769. The Morgan fingerprint density at radius 1 is 0.528 bits per heavy atom. The van der Waals surface area contributed by atoms with Gasteiger partial charge in [-0.05, 0) is 62.4 Å². The largest absolute Gasteiger partial charge is 0.377 e. The van der Waals surface area contributed by atoms with E-state index >= 15 is 0 Å². The summed E-state index contributed by atoms with van der Waals surface area (Å²) in [6, 6.07) is 22.0. The third-order valence-corrected chi connectivity index (χ3v) is 7.94. The molecule has 0 spiro atoms. The van der Waals surface area contributed by atoms with Crippen LogP contribution in [-0.4, -0.2) is 26.8 Å². The van der Waals surface area contributed by atoms with Gasteiger partial charge in [0.05, 0.1) is 11.0 Å². The van der Waals surface area contributed by atoms with Crippen LogP contribution >= 0.6 is 0 Å². The third-order valence-electron chi connectivity index (χ3n) is 5.44. The SMILES string of the molecule is Cc1ccc(S(=O)(=O)Oc2cccc3nc4c(OS(=O)(=O)c5ccc(C)cc5)cccc4nc23)cc1. The zero-order valence-corrected chi connectivity index (χ0v) is 20.9. The van der Waals surface area contributed by atoms with Crippen molar-refractivity contribution < 1.29 is 25.2 Å². The summed E-state index contributed by atoms with van der Waals surface area (Å²) in [6.07, 6.45) is 0. The number of rotatable bonds is 6. The van der Waals surface area contributed by atoms with Crippen molar-refractivity contribution in [2.75, 3.05) is 0 Å². The topological polar surface area (TPSA) is 113 Å². The van der Waals surface area contributed by atoms with Gasteiger partial charge in [-0.1, -0.05) is 47.5 Å². The highest BCUT2D eigenvalue weighted by atomic mass is 32.2. The molecule has 0 atom stereocenters. The molecule has 8 nitrogen and oxygen atoms in total. The van der Waals surface area contributed by atoms with E-state index in [9.17, 15) is 16.8 Å². The second-order valence-electron chi connectivity index (χ2n) is 8.17. The molecule has 10 heteroatoms. The van der Waals surface area contributed by atoms with Crippen molar-refractivity contribution >= 4 is 42.3 Å². The lowest BCUT2D eigenvalue weighted by atomic mass is 10.2. The van der Waals surface area contributed by atoms with Crippen molar-refractivity contribution in [3.8, 4) is 11.5 Å². The second kappa shape index (κ2) is 8.89. The predicted molar refractivity (Wildman–Crippen MR) is 135 cm³/mol. The standard InChI is InChI=1S/C26H20N2O6S2/c1-17-9-13-19(14-10-17)35(29,30)33-23-7-3-5-21-25(23)27-22-6-4-8-24(26(22)28-21)34-36(31,32)20-15-11-18(2)12-16-20/h3-16H,1-2H3. The number of nitrogens with zero attached hydrogens (tertiary/aromatic N) is 2. The van der Waals surface area contributed by atoms with E-state index in [4.69, 9.17) is 8.37 Å². The highest BCUT2D eigenvalue weighted by Gasteiger charge is 2.21. The van der Waals surface area contributed by atoms with E-state index in [1.807, 2.05) is 13.8 Å². The first-order valence-corrected chi connectivity index (χ1v) is 13.7. The molecule has 5 aromatic rings. The van der Waals surface area contributed by atoms with Gasteiger partial charge in [-0.25, -0.2) is 9.97 Å². The van der Waals surface area contributed by atoms with Gasteiger partial charge >= 0.3 is 20.2 Å². The van der Waals surface area contributed by atoms with Gasteiger partial charge in [0.2, 0.25) is 0 Å². The summed E-state index contributed by atoms with van der Waals surface area (Å²) < 4.78 is 62.1. The molecule has 0 N–H and O–H groups in total. The molecular formula is C26H20N2O6S2. The smallest absolute Gasteiger partial charge is 0.339 e. The first-order valence-electron chi connectivity index (χ1n) is 10.8. The van der Waals surface area contributed by atoms with Gasteiger partial charge in [0.15, 0.2) is 11.5 Å². The lowest BCUT2D eigenvalue weighted by molar-refractivity contribution is 0.486. The van der Waals surface area contributed by atoms with E-state index in [1.54, 1.807) is 48.5 Å². The number of benzene rings is 4. The highest BCUT2D eigenvalue weighted by Crippen LogP contribution is 2.32. The number of para-hydroxylation sites is 2. The maximum Gasteiger partial charge on any atom is 0.339 e. The summed E-state index contributed by atoms with van der Waals surface area (Å²) in [6.45, 7) is 3.71. The van der Waals surface area contributed by atoms with E-state index in [0.717, 1.165) is 11.1 Å². The maximum absolute atomic E-state index is 12.8. The van der Waals surface area contributed by atoms with Crippen LogP contribution in [0.1, 0.15) is 11.1 Å². The monoisotopic (exact) mass is 520 g/mol. The fourth-order valence-electron chi connectivity index (χ4n) is 3.54. The number of hydrogen-bond acceptors (Lipinski definition) is 8. The molecule has 0 aliphatic heterocycles. The summed E-state index contributed by atoms with van der Waals surface area (Å²) in [5.41, 5.74) is 2.86. The molecule has 0 fully saturated rings. The third kappa shape index (κ3) is 4.60. The first kappa shape index (κ1) is 23.7. The van der Waals surface area contributed by atoms with Crippen LogP contribution in [0.25, 0.3) is 22.1 Å². The minimum atomic E-state index is -4.11. The van der Waals surface area contributed by atoms with Gasteiger partial charge in [-0.3, -0.25) is 0 Å². The van der Waals surface area contributed by atoms with Crippen molar-refractivity contribution in [2.45, 2.75) is 23.6 Å². The lowest BCUT2D eigenvalue weighted by Crippen LogP contribution is -2.11. The van der Waals surface area contributed by atoms with Crippen molar-refractivity contribution in [1.82, 2.24) is 9.97 Å². The molecular weight excluding hydrogens is 500 g/mol. The van der Waals surface area contributed by atoms with Crippen molar-refractivity contribution in [3.63, 3.8) is 0 Å². The van der Waals surface area contributed by atoms with Gasteiger partial charge in [0.25, 0.3) is 0 Å². The quantitative estimate of drug-likeness (QED) is 0.229. The number of fused-ring (bicyclic) bond motifs is 2. The molecule has 0 unspecified atom stereocenters. The van der Waals surface area contributed by atoms with E-state index in [0.29, 0.717) is 11.0 Å². The average Bonchev–Trinajstić information content (AvgIpc) is 2.84. The molecule has 0 bridgehead atoms. The summed E-state index contributed by atoms with van der Waals surface area (Å²) in [5, 5.41) is 0. The molecule has 1 aromatic heterocycles. The Morgan fingerprint density at radius 2 is 0.889 bits per heavy atom. The molecule has 0 aliphatic rings. The summed E-state index contributed by atoms with van der Waals surface area (Å²) in [7, 11) is -8.23. The number of aryl methyl sites for hydroxylation is 2. The van der Waals surface area contributed by atoms with Crippen LogP contribution in [-0.2, 0) is 20.2 Å². The molecule has 0 saturated carbocycles. The molecule has 5 rings (SSSR count). The second-order valence-corrected chi connectivity index (χ2v) is 11.3. The van der Waals surface area contributed by atoms with Crippen molar-refractivity contribution in [2.24, 2.45) is 0 Å². The summed E-state index contributed by atoms with van der Waals surface area (Å²) in [4.78, 5) is 9.06. The Morgan fingerprint density at radius 3 is 1.25 bits per heavy atom. The molecule has 0 aliphatic carbocycles. The van der Waals surface area contributed by atoms with Crippen molar-refractivity contribution in [1.29, 1.82) is 0 Å². The molecule has 0 amide bonds. The Kier molecular flexibility index (Phi) is 5.85. The van der Waals surface area contributed by atoms with Crippen LogP contribution in [0.4, 0.5) is 0 Å². The first-order chi connectivity index (χ1) is 17.1. The average molecular weight is 521 g/mol. The minimum absolute atomic E-state index is 0.000994. The molecule has 182 valence electrons. The normalized spacial score (nSPS) is 12.1. The molecule has 0 saturated heterocycles.